The molecule has 0 N–H and O–H groups in total. The van der Waals surface area contributed by atoms with Crippen molar-refractivity contribution in [3.63, 3.8) is 0 Å². The standard InChI is InChI=1S/C19H20N4O3/c1-12-8-9-16(25-4)18(20-12)14-6-5-7-15(10-14)19(24)23(3)11-17-22-21-13(2)26-17/h5-10H,11H2,1-4H3. The Morgan fingerprint density at radius 2 is 2.00 bits per heavy atom. The highest BCUT2D eigenvalue weighted by Gasteiger charge is 2.17. The van der Waals surface area contributed by atoms with Crippen LogP contribution in [0.4, 0.5) is 0 Å². The molecule has 0 atom stereocenters. The predicted molar refractivity (Wildman–Crippen MR) is 95.8 cm³/mol. The van der Waals surface area contributed by atoms with Gasteiger partial charge in [-0.2, -0.15) is 0 Å². The number of hydrogen-bond donors (Lipinski definition) is 0. The summed E-state index contributed by atoms with van der Waals surface area (Å²) in [6.07, 6.45) is 0. The summed E-state index contributed by atoms with van der Waals surface area (Å²) >= 11 is 0. The molecule has 0 aliphatic heterocycles. The van der Waals surface area contributed by atoms with Crippen molar-refractivity contribution in [1.82, 2.24) is 20.1 Å². The Balaban J connectivity index is 1.87. The maximum absolute atomic E-state index is 12.7. The molecule has 2 heterocycles. The van der Waals surface area contributed by atoms with Gasteiger partial charge >= 0.3 is 0 Å². The van der Waals surface area contributed by atoms with Gasteiger partial charge in [-0.15, -0.1) is 10.2 Å². The van der Waals surface area contributed by atoms with Crippen molar-refractivity contribution in [2.24, 2.45) is 0 Å². The average Bonchev–Trinajstić information content (AvgIpc) is 3.05. The number of benzene rings is 1. The van der Waals surface area contributed by atoms with Crippen LogP contribution in [0.15, 0.2) is 40.8 Å². The molecule has 3 aromatic rings. The zero-order valence-corrected chi connectivity index (χ0v) is 15.2. The lowest BCUT2D eigenvalue weighted by atomic mass is 10.1. The van der Waals surface area contributed by atoms with Gasteiger partial charge in [-0.1, -0.05) is 12.1 Å². The molecule has 7 nitrogen and oxygen atoms in total. The number of carbonyl (C=O) groups excluding carboxylic acids is 1. The van der Waals surface area contributed by atoms with Crippen LogP contribution in [0.3, 0.4) is 0 Å². The van der Waals surface area contributed by atoms with Crippen LogP contribution in [0.2, 0.25) is 0 Å². The van der Waals surface area contributed by atoms with Crippen molar-refractivity contribution in [2.75, 3.05) is 14.2 Å². The molecule has 0 unspecified atom stereocenters. The number of pyridine rings is 1. The number of amides is 1. The molecule has 26 heavy (non-hydrogen) atoms. The number of carbonyl (C=O) groups is 1. The minimum Gasteiger partial charge on any atom is -0.494 e. The van der Waals surface area contributed by atoms with Crippen LogP contribution < -0.4 is 4.74 Å². The SMILES string of the molecule is COc1ccc(C)nc1-c1cccc(C(=O)N(C)Cc2nnc(C)o2)c1. The maximum Gasteiger partial charge on any atom is 0.254 e. The number of hydrogen-bond acceptors (Lipinski definition) is 6. The van der Waals surface area contributed by atoms with Crippen LogP contribution >= 0.6 is 0 Å². The monoisotopic (exact) mass is 352 g/mol. The predicted octanol–water partition coefficient (Wildman–Crippen LogP) is 3.03. The number of rotatable bonds is 5. The maximum atomic E-state index is 12.7. The third kappa shape index (κ3) is 3.72. The topological polar surface area (TPSA) is 81.4 Å². The van der Waals surface area contributed by atoms with Crippen molar-refractivity contribution >= 4 is 5.91 Å². The van der Waals surface area contributed by atoms with Crippen LogP contribution in [0.5, 0.6) is 5.75 Å². The average molecular weight is 352 g/mol. The van der Waals surface area contributed by atoms with E-state index in [9.17, 15) is 4.79 Å². The van der Waals surface area contributed by atoms with Crippen molar-refractivity contribution in [3.8, 4) is 17.0 Å². The Bertz CT molecular complexity index is 936. The highest BCUT2D eigenvalue weighted by molar-refractivity contribution is 5.95. The van der Waals surface area contributed by atoms with E-state index in [-0.39, 0.29) is 12.5 Å². The van der Waals surface area contributed by atoms with E-state index < -0.39 is 0 Å². The number of ether oxygens (including phenoxy) is 1. The van der Waals surface area contributed by atoms with E-state index in [0.717, 1.165) is 11.3 Å². The van der Waals surface area contributed by atoms with E-state index in [0.29, 0.717) is 28.8 Å². The summed E-state index contributed by atoms with van der Waals surface area (Å²) in [6.45, 7) is 3.87. The first kappa shape index (κ1) is 17.6. The second-order valence-corrected chi connectivity index (χ2v) is 5.96. The third-order valence-corrected chi connectivity index (χ3v) is 3.89. The molecule has 0 radical (unpaired) electrons. The lowest BCUT2D eigenvalue weighted by molar-refractivity contribution is 0.0772. The molecule has 0 aliphatic carbocycles. The summed E-state index contributed by atoms with van der Waals surface area (Å²) in [5, 5.41) is 7.70. The largest absolute Gasteiger partial charge is 0.494 e. The molecule has 1 amide bonds. The first-order valence-electron chi connectivity index (χ1n) is 8.14. The molecular weight excluding hydrogens is 332 g/mol. The van der Waals surface area contributed by atoms with E-state index in [2.05, 4.69) is 15.2 Å². The third-order valence-electron chi connectivity index (χ3n) is 3.89. The molecule has 0 saturated heterocycles. The fraction of sp³-hybridized carbons (Fsp3) is 0.263. The molecule has 0 saturated carbocycles. The van der Waals surface area contributed by atoms with Crippen LogP contribution in [-0.2, 0) is 6.54 Å². The first-order chi connectivity index (χ1) is 12.5. The molecule has 3 rings (SSSR count). The van der Waals surface area contributed by atoms with Gasteiger partial charge in [0, 0.05) is 30.8 Å². The smallest absolute Gasteiger partial charge is 0.254 e. The highest BCUT2D eigenvalue weighted by Crippen LogP contribution is 2.29. The van der Waals surface area contributed by atoms with E-state index in [1.165, 1.54) is 4.90 Å². The minimum absolute atomic E-state index is 0.144. The Morgan fingerprint density at radius 1 is 1.19 bits per heavy atom. The van der Waals surface area contributed by atoms with Gasteiger partial charge in [0.2, 0.25) is 11.8 Å². The summed E-state index contributed by atoms with van der Waals surface area (Å²) < 4.78 is 10.7. The Hall–Kier alpha value is -3.22. The van der Waals surface area contributed by atoms with Gasteiger partial charge in [-0.25, -0.2) is 4.98 Å². The summed E-state index contributed by atoms with van der Waals surface area (Å²) in [6, 6.07) is 11.1. The van der Waals surface area contributed by atoms with Gasteiger partial charge in [-0.05, 0) is 31.2 Å². The second kappa shape index (κ2) is 7.35. The fourth-order valence-electron chi connectivity index (χ4n) is 2.61. The molecule has 0 spiro atoms. The fourth-order valence-corrected chi connectivity index (χ4v) is 2.61. The Labute approximate surface area is 151 Å². The van der Waals surface area contributed by atoms with Crippen molar-refractivity contribution in [3.05, 3.63) is 59.4 Å². The number of methoxy groups -OCH3 is 1. The number of nitrogens with zero attached hydrogens (tertiary/aromatic N) is 4. The lowest BCUT2D eigenvalue weighted by Gasteiger charge is -2.16. The van der Waals surface area contributed by atoms with Gasteiger partial charge in [0.1, 0.15) is 11.4 Å². The summed E-state index contributed by atoms with van der Waals surface area (Å²) in [7, 11) is 3.30. The van der Waals surface area contributed by atoms with Crippen molar-refractivity contribution in [2.45, 2.75) is 20.4 Å². The molecule has 1 aromatic carbocycles. The molecule has 0 aliphatic rings. The van der Waals surface area contributed by atoms with Gasteiger partial charge in [0.25, 0.3) is 5.91 Å². The van der Waals surface area contributed by atoms with Crippen LogP contribution in [0, 0.1) is 13.8 Å². The van der Waals surface area contributed by atoms with E-state index >= 15 is 0 Å². The van der Waals surface area contributed by atoms with E-state index in [4.69, 9.17) is 9.15 Å². The lowest BCUT2D eigenvalue weighted by Crippen LogP contribution is -2.26. The molecule has 134 valence electrons. The molecule has 7 heteroatoms. The molecule has 2 aromatic heterocycles. The van der Waals surface area contributed by atoms with Crippen LogP contribution in [-0.4, -0.2) is 40.1 Å². The molecule has 0 fully saturated rings. The summed E-state index contributed by atoms with van der Waals surface area (Å²) in [5.41, 5.74) is 2.95. The van der Waals surface area contributed by atoms with Crippen molar-refractivity contribution < 1.29 is 13.9 Å². The number of aromatic nitrogens is 3. The Morgan fingerprint density at radius 3 is 2.69 bits per heavy atom. The molecule has 0 bridgehead atoms. The minimum atomic E-state index is -0.144. The van der Waals surface area contributed by atoms with E-state index in [1.54, 1.807) is 27.1 Å². The van der Waals surface area contributed by atoms with E-state index in [1.807, 2.05) is 37.3 Å². The Kier molecular flexibility index (Phi) is 4.97. The second-order valence-electron chi connectivity index (χ2n) is 5.96. The zero-order valence-electron chi connectivity index (χ0n) is 15.2. The van der Waals surface area contributed by atoms with Gasteiger partial charge in [0.05, 0.1) is 13.7 Å². The van der Waals surface area contributed by atoms with Crippen LogP contribution in [0.25, 0.3) is 11.3 Å². The quantitative estimate of drug-likeness (QED) is 0.702. The normalized spacial score (nSPS) is 10.6. The number of aryl methyl sites for hydroxylation is 2. The summed E-state index contributed by atoms with van der Waals surface area (Å²) in [4.78, 5) is 18.8. The van der Waals surface area contributed by atoms with Gasteiger partial charge in [0.15, 0.2) is 0 Å². The molecular formula is C19H20N4O3. The zero-order chi connectivity index (χ0) is 18.7. The first-order valence-corrected chi connectivity index (χ1v) is 8.14. The van der Waals surface area contributed by atoms with Crippen molar-refractivity contribution in [1.29, 1.82) is 0 Å². The highest BCUT2D eigenvalue weighted by atomic mass is 16.5. The van der Waals surface area contributed by atoms with Gasteiger partial charge < -0.3 is 14.1 Å². The van der Waals surface area contributed by atoms with Gasteiger partial charge in [-0.3, -0.25) is 4.79 Å². The summed E-state index contributed by atoms with van der Waals surface area (Å²) in [5.74, 6) is 1.39. The van der Waals surface area contributed by atoms with Crippen LogP contribution in [0.1, 0.15) is 27.8 Å².